The summed E-state index contributed by atoms with van der Waals surface area (Å²) >= 11 is 3.84. The Morgan fingerprint density at radius 2 is 0.730 bits per heavy atom. The number of fused-ring (bicyclic) bond motifs is 5. The highest BCUT2D eigenvalue weighted by atomic mass is 79.9. The van der Waals surface area contributed by atoms with Gasteiger partial charge in [-0.15, -0.1) is 0 Å². The van der Waals surface area contributed by atoms with Gasteiger partial charge in [0.1, 0.15) is 0 Å². The van der Waals surface area contributed by atoms with Crippen molar-refractivity contribution in [3.05, 3.63) is 144 Å². The van der Waals surface area contributed by atoms with Crippen LogP contribution in [-0.4, -0.2) is 0 Å². The van der Waals surface area contributed by atoms with E-state index in [1.807, 2.05) is 0 Å². The summed E-state index contributed by atoms with van der Waals surface area (Å²) in [6.45, 7) is 0. The maximum atomic E-state index is 3.84. The molecule has 0 aliphatic carbocycles. The topological polar surface area (TPSA) is 0 Å². The quantitative estimate of drug-likeness (QED) is 0.198. The van der Waals surface area contributed by atoms with Crippen LogP contribution in [0.5, 0.6) is 0 Å². The summed E-state index contributed by atoms with van der Waals surface area (Å²) in [6.07, 6.45) is 0. The fourth-order valence-corrected chi connectivity index (χ4v) is 6.10. The first kappa shape index (κ1) is 22.0. The molecule has 0 radical (unpaired) electrons. The zero-order chi connectivity index (χ0) is 24.8. The van der Waals surface area contributed by atoms with Gasteiger partial charge in [0.25, 0.3) is 0 Å². The Morgan fingerprint density at radius 1 is 0.297 bits per heavy atom. The lowest BCUT2D eigenvalue weighted by atomic mass is 9.88. The van der Waals surface area contributed by atoms with E-state index in [9.17, 15) is 0 Å². The lowest BCUT2D eigenvalue weighted by Gasteiger charge is -2.16. The molecule has 174 valence electrons. The van der Waals surface area contributed by atoms with Gasteiger partial charge in [-0.3, -0.25) is 0 Å². The van der Waals surface area contributed by atoms with E-state index in [1.54, 1.807) is 0 Å². The van der Waals surface area contributed by atoms with E-state index >= 15 is 0 Å². The molecule has 0 saturated heterocycles. The van der Waals surface area contributed by atoms with E-state index in [0.29, 0.717) is 0 Å². The van der Waals surface area contributed by atoms with Crippen LogP contribution in [0.1, 0.15) is 0 Å². The maximum Gasteiger partial charge on any atom is 0.0260 e. The van der Waals surface area contributed by atoms with Crippen molar-refractivity contribution in [2.75, 3.05) is 0 Å². The van der Waals surface area contributed by atoms with Crippen molar-refractivity contribution in [3.63, 3.8) is 0 Å². The summed E-state index contributed by atoms with van der Waals surface area (Å²) in [7, 11) is 0. The van der Waals surface area contributed by atoms with Gasteiger partial charge in [0.2, 0.25) is 0 Å². The largest absolute Gasteiger partial charge is 0.0622 e. The third kappa shape index (κ3) is 3.84. The van der Waals surface area contributed by atoms with Gasteiger partial charge in [0, 0.05) is 4.47 Å². The van der Waals surface area contributed by atoms with Crippen molar-refractivity contribution >= 4 is 48.2 Å². The first-order valence-electron chi connectivity index (χ1n) is 12.6. The molecule has 0 fully saturated rings. The number of hydrogen-bond donors (Lipinski definition) is 0. The van der Waals surface area contributed by atoms with Crippen LogP contribution in [0.3, 0.4) is 0 Å². The van der Waals surface area contributed by atoms with Crippen molar-refractivity contribution < 1.29 is 0 Å². The van der Waals surface area contributed by atoms with Crippen LogP contribution in [-0.2, 0) is 0 Å². The van der Waals surface area contributed by atoms with Gasteiger partial charge in [-0.25, -0.2) is 0 Å². The number of halogens is 1. The molecule has 7 aromatic rings. The molecule has 0 nitrogen and oxygen atoms in total. The van der Waals surface area contributed by atoms with E-state index in [-0.39, 0.29) is 0 Å². The van der Waals surface area contributed by atoms with Crippen LogP contribution in [0.15, 0.2) is 144 Å². The van der Waals surface area contributed by atoms with Gasteiger partial charge in [-0.1, -0.05) is 125 Å². The SMILES string of the molecule is Brc1cc2c3ccccc3c(-c3cc(-c4ccccc4)cc(-c4ccccc4)c3)cc2c2ccccc12. The third-order valence-electron chi connectivity index (χ3n) is 7.29. The molecule has 0 saturated carbocycles. The number of rotatable bonds is 3. The van der Waals surface area contributed by atoms with Gasteiger partial charge < -0.3 is 0 Å². The molecule has 0 spiro atoms. The van der Waals surface area contributed by atoms with Crippen molar-refractivity contribution in [2.24, 2.45) is 0 Å². The lowest BCUT2D eigenvalue weighted by Crippen LogP contribution is -1.89. The minimum atomic E-state index is 1.13. The van der Waals surface area contributed by atoms with Crippen molar-refractivity contribution in [1.29, 1.82) is 0 Å². The minimum absolute atomic E-state index is 1.13. The standard InChI is InChI=1S/C36H23Br/c37-36-23-35-30-16-8-7-15-29(30)33(22-34(35)31-17-9-10-18-32(31)36)28-20-26(24-11-3-1-4-12-24)19-27(21-28)25-13-5-2-6-14-25/h1-23H. The Hall–Kier alpha value is -4.20. The van der Waals surface area contributed by atoms with Crippen molar-refractivity contribution in [2.45, 2.75) is 0 Å². The minimum Gasteiger partial charge on any atom is -0.0622 e. The Morgan fingerprint density at radius 3 is 1.32 bits per heavy atom. The fraction of sp³-hybridized carbons (Fsp3) is 0. The molecule has 7 aromatic carbocycles. The highest BCUT2D eigenvalue weighted by Gasteiger charge is 2.14. The average Bonchev–Trinajstić information content (AvgIpc) is 2.98. The molecular weight excluding hydrogens is 512 g/mol. The molecule has 0 atom stereocenters. The van der Waals surface area contributed by atoms with Crippen molar-refractivity contribution in [1.82, 2.24) is 0 Å². The Bertz CT molecular complexity index is 1860. The second-order valence-electron chi connectivity index (χ2n) is 9.50. The van der Waals surface area contributed by atoms with Crippen LogP contribution in [0.4, 0.5) is 0 Å². The van der Waals surface area contributed by atoms with Crippen LogP contribution >= 0.6 is 15.9 Å². The predicted octanol–water partition coefficient (Wildman–Crippen LogP) is 10.9. The predicted molar refractivity (Wildman–Crippen MR) is 163 cm³/mol. The molecule has 0 bridgehead atoms. The first-order valence-corrected chi connectivity index (χ1v) is 13.3. The van der Waals surface area contributed by atoms with Crippen LogP contribution in [0.2, 0.25) is 0 Å². The van der Waals surface area contributed by atoms with Gasteiger partial charge in [0.05, 0.1) is 0 Å². The van der Waals surface area contributed by atoms with Crippen LogP contribution < -0.4 is 0 Å². The lowest BCUT2D eigenvalue weighted by molar-refractivity contribution is 1.58. The van der Waals surface area contributed by atoms with E-state index in [2.05, 4.69) is 155 Å². The fourth-order valence-electron chi connectivity index (χ4n) is 5.52. The van der Waals surface area contributed by atoms with E-state index in [0.717, 1.165) is 4.47 Å². The number of hydrogen-bond acceptors (Lipinski definition) is 0. The first-order chi connectivity index (χ1) is 18.3. The molecule has 0 aliphatic rings. The van der Waals surface area contributed by atoms with E-state index in [4.69, 9.17) is 0 Å². The summed E-state index contributed by atoms with van der Waals surface area (Å²) in [6, 6.07) is 50.5. The summed E-state index contributed by atoms with van der Waals surface area (Å²) in [5, 5.41) is 7.58. The second kappa shape index (κ2) is 9.03. The van der Waals surface area contributed by atoms with Crippen LogP contribution in [0, 0.1) is 0 Å². The molecule has 0 unspecified atom stereocenters. The second-order valence-corrected chi connectivity index (χ2v) is 10.4. The molecule has 1 heteroatoms. The highest BCUT2D eigenvalue weighted by Crippen LogP contribution is 2.42. The Labute approximate surface area is 225 Å². The highest BCUT2D eigenvalue weighted by molar-refractivity contribution is 9.10. The Balaban J connectivity index is 1.59. The summed E-state index contributed by atoms with van der Waals surface area (Å²) in [4.78, 5) is 0. The van der Waals surface area contributed by atoms with Gasteiger partial charge >= 0.3 is 0 Å². The molecule has 0 N–H and O–H groups in total. The van der Waals surface area contributed by atoms with Gasteiger partial charge in [-0.05, 0) is 96.0 Å². The third-order valence-corrected chi connectivity index (χ3v) is 7.95. The van der Waals surface area contributed by atoms with E-state index < -0.39 is 0 Å². The average molecular weight is 535 g/mol. The molecule has 7 rings (SSSR count). The van der Waals surface area contributed by atoms with Crippen LogP contribution in [0.25, 0.3) is 65.7 Å². The van der Waals surface area contributed by atoms with Gasteiger partial charge in [0.15, 0.2) is 0 Å². The molecule has 0 heterocycles. The summed E-state index contributed by atoms with van der Waals surface area (Å²) < 4.78 is 1.13. The Kier molecular flexibility index (Phi) is 5.38. The molecular formula is C36H23Br. The molecule has 0 amide bonds. The summed E-state index contributed by atoms with van der Waals surface area (Å²) in [5.74, 6) is 0. The zero-order valence-corrected chi connectivity index (χ0v) is 21.7. The van der Waals surface area contributed by atoms with Gasteiger partial charge in [-0.2, -0.15) is 0 Å². The number of benzene rings is 7. The molecule has 0 aromatic heterocycles. The summed E-state index contributed by atoms with van der Waals surface area (Å²) in [5.41, 5.74) is 7.38. The monoisotopic (exact) mass is 534 g/mol. The molecule has 37 heavy (non-hydrogen) atoms. The zero-order valence-electron chi connectivity index (χ0n) is 20.2. The van der Waals surface area contributed by atoms with Crippen molar-refractivity contribution in [3.8, 4) is 33.4 Å². The normalized spacial score (nSPS) is 11.4. The molecule has 0 aliphatic heterocycles. The maximum absolute atomic E-state index is 3.84. The van der Waals surface area contributed by atoms with E-state index in [1.165, 1.54) is 65.7 Å². The smallest absolute Gasteiger partial charge is 0.0260 e.